The van der Waals surface area contributed by atoms with Crippen LogP contribution in [0.5, 0.6) is 0 Å². The van der Waals surface area contributed by atoms with Gasteiger partial charge in [-0.2, -0.15) is 4.37 Å². The van der Waals surface area contributed by atoms with E-state index in [0.29, 0.717) is 6.61 Å². The molecule has 1 aromatic heterocycles. The molecule has 68 valence electrons. The van der Waals surface area contributed by atoms with Crippen molar-refractivity contribution in [1.29, 1.82) is 0 Å². The summed E-state index contributed by atoms with van der Waals surface area (Å²) in [5.41, 5.74) is 6.81. The van der Waals surface area contributed by atoms with E-state index in [1.54, 1.807) is 7.11 Å². The Bertz CT molecular complexity index is 237. The van der Waals surface area contributed by atoms with Crippen LogP contribution in [0.4, 0.5) is 0 Å². The number of rotatable bonds is 4. The van der Waals surface area contributed by atoms with Gasteiger partial charge in [-0.1, -0.05) is 6.92 Å². The first kappa shape index (κ1) is 9.64. The van der Waals surface area contributed by atoms with Crippen molar-refractivity contribution >= 4 is 11.5 Å². The van der Waals surface area contributed by atoms with E-state index >= 15 is 0 Å². The van der Waals surface area contributed by atoms with Crippen LogP contribution in [0.1, 0.15) is 30.0 Å². The van der Waals surface area contributed by atoms with Crippen molar-refractivity contribution in [2.24, 2.45) is 5.73 Å². The Morgan fingerprint density at radius 2 is 2.50 bits per heavy atom. The molecule has 0 aliphatic rings. The van der Waals surface area contributed by atoms with Gasteiger partial charge in [-0.05, 0) is 24.0 Å². The summed E-state index contributed by atoms with van der Waals surface area (Å²) in [6.07, 6.45) is 0.953. The molecule has 1 rings (SSSR count). The van der Waals surface area contributed by atoms with E-state index < -0.39 is 0 Å². The number of hydrogen-bond acceptors (Lipinski definition) is 4. The zero-order valence-electron chi connectivity index (χ0n) is 7.41. The van der Waals surface area contributed by atoms with Crippen molar-refractivity contribution in [2.45, 2.75) is 26.0 Å². The Morgan fingerprint density at radius 1 is 1.75 bits per heavy atom. The summed E-state index contributed by atoms with van der Waals surface area (Å²) >= 11 is 1.47. The lowest BCUT2D eigenvalue weighted by atomic mass is 10.2. The molecule has 0 fully saturated rings. The Morgan fingerprint density at radius 3 is 3.08 bits per heavy atom. The monoisotopic (exact) mass is 186 g/mol. The summed E-state index contributed by atoms with van der Waals surface area (Å²) in [4.78, 5) is 1.14. The highest BCUT2D eigenvalue weighted by atomic mass is 32.1. The first-order valence-corrected chi connectivity index (χ1v) is 4.75. The highest BCUT2D eigenvalue weighted by Gasteiger charge is 2.07. The van der Waals surface area contributed by atoms with Crippen LogP contribution in [0.15, 0.2) is 6.07 Å². The molecule has 0 saturated heterocycles. The van der Waals surface area contributed by atoms with E-state index in [9.17, 15) is 0 Å². The van der Waals surface area contributed by atoms with E-state index in [1.165, 1.54) is 11.5 Å². The highest BCUT2D eigenvalue weighted by molar-refractivity contribution is 7.05. The second kappa shape index (κ2) is 4.54. The van der Waals surface area contributed by atoms with E-state index in [-0.39, 0.29) is 6.04 Å². The fourth-order valence-electron chi connectivity index (χ4n) is 0.920. The zero-order valence-corrected chi connectivity index (χ0v) is 8.23. The fourth-order valence-corrected chi connectivity index (χ4v) is 1.74. The van der Waals surface area contributed by atoms with Gasteiger partial charge in [0.05, 0.1) is 12.3 Å². The van der Waals surface area contributed by atoms with Crippen LogP contribution in [0.25, 0.3) is 0 Å². The molecule has 1 heterocycles. The van der Waals surface area contributed by atoms with Crippen LogP contribution in [0.2, 0.25) is 0 Å². The van der Waals surface area contributed by atoms with E-state index in [1.807, 2.05) is 6.07 Å². The van der Waals surface area contributed by atoms with E-state index in [2.05, 4.69) is 11.3 Å². The van der Waals surface area contributed by atoms with E-state index in [0.717, 1.165) is 17.0 Å². The standard InChI is InChI=1S/C8H14N2OS/c1-3-7(9)8-4-6(5-11-2)10-12-8/h4,7H,3,5,9H2,1-2H3. The summed E-state index contributed by atoms with van der Waals surface area (Å²) < 4.78 is 9.17. The normalized spacial score (nSPS) is 13.2. The van der Waals surface area contributed by atoms with Gasteiger partial charge in [-0.3, -0.25) is 0 Å². The SMILES string of the molecule is CCC(N)c1cc(COC)ns1. The minimum absolute atomic E-state index is 0.133. The summed E-state index contributed by atoms with van der Waals surface area (Å²) in [5, 5.41) is 0. The number of ether oxygens (including phenoxy) is 1. The van der Waals surface area contributed by atoms with Gasteiger partial charge in [0.15, 0.2) is 0 Å². The number of nitrogens with zero attached hydrogens (tertiary/aromatic N) is 1. The molecule has 0 aliphatic heterocycles. The van der Waals surface area contributed by atoms with Crippen LogP contribution < -0.4 is 5.73 Å². The van der Waals surface area contributed by atoms with Gasteiger partial charge in [-0.15, -0.1) is 0 Å². The number of nitrogens with two attached hydrogens (primary N) is 1. The van der Waals surface area contributed by atoms with Gasteiger partial charge in [0, 0.05) is 18.0 Å². The maximum Gasteiger partial charge on any atom is 0.0895 e. The van der Waals surface area contributed by atoms with Gasteiger partial charge in [0.2, 0.25) is 0 Å². The minimum Gasteiger partial charge on any atom is -0.378 e. The second-order valence-electron chi connectivity index (χ2n) is 2.67. The third-order valence-electron chi connectivity index (χ3n) is 1.67. The average molecular weight is 186 g/mol. The topological polar surface area (TPSA) is 48.1 Å². The maximum absolute atomic E-state index is 5.83. The molecule has 3 nitrogen and oxygen atoms in total. The van der Waals surface area contributed by atoms with Gasteiger partial charge in [0.1, 0.15) is 0 Å². The molecule has 0 saturated carbocycles. The second-order valence-corrected chi connectivity index (χ2v) is 3.50. The van der Waals surface area contributed by atoms with Crippen LogP contribution >= 0.6 is 11.5 Å². The van der Waals surface area contributed by atoms with Gasteiger partial charge >= 0.3 is 0 Å². The molecule has 0 aromatic carbocycles. The minimum atomic E-state index is 0.133. The largest absolute Gasteiger partial charge is 0.378 e. The zero-order chi connectivity index (χ0) is 8.97. The number of aromatic nitrogens is 1. The quantitative estimate of drug-likeness (QED) is 0.778. The molecule has 1 aromatic rings. The molecule has 4 heteroatoms. The van der Waals surface area contributed by atoms with Crippen molar-refractivity contribution < 1.29 is 4.74 Å². The molecule has 0 bridgehead atoms. The predicted octanol–water partition coefficient (Wildman–Crippen LogP) is 1.70. The molecule has 1 atom stereocenters. The Balaban J connectivity index is 2.63. The molecular weight excluding hydrogens is 172 g/mol. The van der Waals surface area contributed by atoms with Crippen LogP contribution in [-0.2, 0) is 11.3 Å². The van der Waals surface area contributed by atoms with Gasteiger partial charge < -0.3 is 10.5 Å². The smallest absolute Gasteiger partial charge is 0.0895 e. The predicted molar refractivity (Wildman–Crippen MR) is 50.0 cm³/mol. The lowest BCUT2D eigenvalue weighted by Gasteiger charge is -2.02. The Kier molecular flexibility index (Phi) is 3.65. The van der Waals surface area contributed by atoms with Crippen molar-refractivity contribution in [2.75, 3.05) is 7.11 Å². The van der Waals surface area contributed by atoms with Crippen molar-refractivity contribution in [3.63, 3.8) is 0 Å². The first-order chi connectivity index (χ1) is 5.77. The third-order valence-corrected chi connectivity index (χ3v) is 2.63. The molecule has 0 spiro atoms. The molecular formula is C8H14N2OS. The summed E-state index contributed by atoms with van der Waals surface area (Å²) in [7, 11) is 1.67. The third kappa shape index (κ3) is 2.27. The van der Waals surface area contributed by atoms with E-state index in [4.69, 9.17) is 10.5 Å². The average Bonchev–Trinajstić information content (AvgIpc) is 2.52. The Hall–Kier alpha value is -0.450. The highest BCUT2D eigenvalue weighted by Crippen LogP contribution is 2.19. The molecule has 0 radical (unpaired) electrons. The molecule has 0 aliphatic carbocycles. The summed E-state index contributed by atoms with van der Waals surface area (Å²) in [6, 6.07) is 2.15. The Labute approximate surface area is 76.7 Å². The van der Waals surface area contributed by atoms with Crippen molar-refractivity contribution in [1.82, 2.24) is 4.37 Å². The number of hydrogen-bond donors (Lipinski definition) is 1. The van der Waals surface area contributed by atoms with Crippen molar-refractivity contribution in [3.05, 3.63) is 16.6 Å². The lowest BCUT2D eigenvalue weighted by Crippen LogP contribution is -2.06. The van der Waals surface area contributed by atoms with Gasteiger partial charge in [-0.25, -0.2) is 0 Å². The summed E-state index contributed by atoms with van der Waals surface area (Å²) in [5.74, 6) is 0. The molecule has 12 heavy (non-hydrogen) atoms. The fraction of sp³-hybridized carbons (Fsp3) is 0.625. The van der Waals surface area contributed by atoms with Crippen LogP contribution in [0, 0.1) is 0 Å². The molecule has 0 amide bonds. The van der Waals surface area contributed by atoms with Gasteiger partial charge in [0.25, 0.3) is 0 Å². The molecule has 2 N–H and O–H groups in total. The summed E-state index contributed by atoms with van der Waals surface area (Å²) in [6.45, 7) is 2.65. The lowest BCUT2D eigenvalue weighted by molar-refractivity contribution is 0.182. The van der Waals surface area contributed by atoms with Crippen LogP contribution in [-0.4, -0.2) is 11.5 Å². The van der Waals surface area contributed by atoms with Crippen LogP contribution in [0.3, 0.4) is 0 Å². The maximum atomic E-state index is 5.83. The number of methoxy groups -OCH3 is 1. The molecule has 1 unspecified atom stereocenters. The van der Waals surface area contributed by atoms with Crippen molar-refractivity contribution in [3.8, 4) is 0 Å². The first-order valence-electron chi connectivity index (χ1n) is 3.98.